The van der Waals surface area contributed by atoms with E-state index < -0.39 is 0 Å². The highest BCUT2D eigenvalue weighted by molar-refractivity contribution is 9.09. The predicted molar refractivity (Wildman–Crippen MR) is 59.6 cm³/mol. The van der Waals surface area contributed by atoms with Gasteiger partial charge in [0.1, 0.15) is 0 Å². The summed E-state index contributed by atoms with van der Waals surface area (Å²) < 4.78 is 4.98. The molecule has 1 aliphatic rings. The molecule has 1 aliphatic carbocycles. The summed E-state index contributed by atoms with van der Waals surface area (Å²) >= 11 is 3.36. The van der Waals surface area contributed by atoms with Gasteiger partial charge in [0.05, 0.1) is 6.61 Å². The number of amides is 1. The van der Waals surface area contributed by atoms with Crippen LogP contribution in [0, 0.1) is 5.92 Å². The molecule has 0 heterocycles. The average molecular weight is 264 g/mol. The molecule has 0 aromatic carbocycles. The number of hydrogen-bond acceptors (Lipinski definition) is 2. The van der Waals surface area contributed by atoms with Crippen molar-refractivity contribution < 1.29 is 9.53 Å². The van der Waals surface area contributed by atoms with E-state index >= 15 is 0 Å². The van der Waals surface area contributed by atoms with Crippen LogP contribution in [0.1, 0.15) is 19.3 Å². The van der Waals surface area contributed by atoms with Gasteiger partial charge in [-0.2, -0.15) is 0 Å². The minimum Gasteiger partial charge on any atom is -0.383 e. The molecule has 0 N–H and O–H groups in total. The molecule has 0 saturated heterocycles. The lowest BCUT2D eigenvalue weighted by atomic mass is 10.2. The van der Waals surface area contributed by atoms with Crippen molar-refractivity contribution in [1.29, 1.82) is 0 Å². The molecular formula is C10H18BrNO2. The van der Waals surface area contributed by atoms with E-state index in [4.69, 9.17) is 4.74 Å². The van der Waals surface area contributed by atoms with Gasteiger partial charge in [0.15, 0.2) is 0 Å². The number of hydrogen-bond donors (Lipinski definition) is 0. The molecular weight excluding hydrogens is 246 g/mol. The standard InChI is InChI=1S/C10H18BrNO2/c1-14-7-6-12(5-4-11)10(13)8-9-2-3-9/h9H,2-8H2,1H3. The molecule has 1 rings (SSSR count). The predicted octanol–water partition coefficient (Wildman–Crippen LogP) is 1.66. The van der Waals surface area contributed by atoms with E-state index in [0.717, 1.165) is 18.3 Å². The van der Waals surface area contributed by atoms with Crippen molar-refractivity contribution in [2.45, 2.75) is 19.3 Å². The van der Waals surface area contributed by atoms with Gasteiger partial charge in [-0.25, -0.2) is 0 Å². The van der Waals surface area contributed by atoms with Crippen molar-refractivity contribution in [3.05, 3.63) is 0 Å². The van der Waals surface area contributed by atoms with E-state index in [0.29, 0.717) is 19.1 Å². The maximum absolute atomic E-state index is 11.7. The Morgan fingerprint density at radius 3 is 2.71 bits per heavy atom. The maximum Gasteiger partial charge on any atom is 0.222 e. The van der Waals surface area contributed by atoms with Crippen LogP contribution in [-0.2, 0) is 9.53 Å². The first-order valence-corrected chi connectivity index (χ1v) is 6.22. The molecule has 0 bridgehead atoms. The van der Waals surface area contributed by atoms with Crippen LogP contribution in [0.2, 0.25) is 0 Å². The van der Waals surface area contributed by atoms with Gasteiger partial charge in [0.25, 0.3) is 0 Å². The second-order valence-electron chi connectivity index (χ2n) is 3.71. The minimum atomic E-state index is 0.281. The molecule has 0 spiro atoms. The molecule has 4 heteroatoms. The zero-order valence-electron chi connectivity index (χ0n) is 8.67. The van der Waals surface area contributed by atoms with Crippen molar-refractivity contribution in [3.8, 4) is 0 Å². The number of rotatable bonds is 7. The summed E-state index contributed by atoms with van der Waals surface area (Å²) in [5.74, 6) is 0.951. The van der Waals surface area contributed by atoms with E-state index in [1.54, 1.807) is 7.11 Å². The lowest BCUT2D eigenvalue weighted by Crippen LogP contribution is -2.35. The van der Waals surface area contributed by atoms with Crippen LogP contribution in [0.5, 0.6) is 0 Å². The van der Waals surface area contributed by atoms with E-state index in [9.17, 15) is 4.79 Å². The van der Waals surface area contributed by atoms with Crippen molar-refractivity contribution in [1.82, 2.24) is 4.90 Å². The Labute approximate surface area is 93.9 Å². The van der Waals surface area contributed by atoms with Crippen LogP contribution >= 0.6 is 15.9 Å². The van der Waals surface area contributed by atoms with Gasteiger partial charge in [-0.1, -0.05) is 15.9 Å². The second kappa shape index (κ2) is 6.40. The van der Waals surface area contributed by atoms with Crippen LogP contribution in [0.25, 0.3) is 0 Å². The summed E-state index contributed by atoms with van der Waals surface area (Å²) in [6.45, 7) is 2.13. The molecule has 0 atom stereocenters. The van der Waals surface area contributed by atoms with Gasteiger partial charge in [0, 0.05) is 32.0 Å². The summed E-state index contributed by atoms with van der Waals surface area (Å²) in [5, 5.41) is 0.840. The Balaban J connectivity index is 2.26. The third-order valence-corrected chi connectivity index (χ3v) is 2.79. The Hall–Kier alpha value is -0.0900. The number of alkyl halides is 1. The Bertz CT molecular complexity index is 183. The minimum absolute atomic E-state index is 0.281. The SMILES string of the molecule is COCCN(CCBr)C(=O)CC1CC1. The topological polar surface area (TPSA) is 29.5 Å². The number of methoxy groups -OCH3 is 1. The molecule has 0 unspecified atom stereocenters. The van der Waals surface area contributed by atoms with Gasteiger partial charge in [-0.15, -0.1) is 0 Å². The van der Waals surface area contributed by atoms with Crippen molar-refractivity contribution in [2.75, 3.05) is 32.1 Å². The van der Waals surface area contributed by atoms with Crippen LogP contribution in [-0.4, -0.2) is 42.9 Å². The summed E-state index contributed by atoms with van der Waals surface area (Å²) in [7, 11) is 1.66. The van der Waals surface area contributed by atoms with Gasteiger partial charge >= 0.3 is 0 Å². The Morgan fingerprint density at radius 2 is 2.21 bits per heavy atom. The Kier molecular flexibility index (Phi) is 5.48. The van der Waals surface area contributed by atoms with Gasteiger partial charge in [-0.3, -0.25) is 4.79 Å². The maximum atomic E-state index is 11.7. The highest BCUT2D eigenvalue weighted by atomic mass is 79.9. The normalized spacial score (nSPS) is 15.6. The van der Waals surface area contributed by atoms with Crippen molar-refractivity contribution in [3.63, 3.8) is 0 Å². The number of ether oxygens (including phenoxy) is 1. The lowest BCUT2D eigenvalue weighted by Gasteiger charge is -2.21. The fraction of sp³-hybridized carbons (Fsp3) is 0.900. The largest absolute Gasteiger partial charge is 0.383 e. The zero-order valence-corrected chi connectivity index (χ0v) is 10.3. The molecule has 0 aromatic heterocycles. The quantitative estimate of drug-likeness (QED) is 0.654. The first-order valence-electron chi connectivity index (χ1n) is 5.10. The summed E-state index contributed by atoms with van der Waals surface area (Å²) in [6, 6.07) is 0. The van der Waals surface area contributed by atoms with Crippen LogP contribution < -0.4 is 0 Å². The van der Waals surface area contributed by atoms with E-state index in [2.05, 4.69) is 15.9 Å². The molecule has 14 heavy (non-hydrogen) atoms. The number of nitrogens with zero attached hydrogens (tertiary/aromatic N) is 1. The van der Waals surface area contributed by atoms with Crippen molar-refractivity contribution in [2.24, 2.45) is 5.92 Å². The zero-order chi connectivity index (χ0) is 10.4. The van der Waals surface area contributed by atoms with Gasteiger partial charge in [-0.05, 0) is 18.8 Å². The summed E-state index contributed by atoms with van der Waals surface area (Å²) in [6.07, 6.45) is 3.20. The van der Waals surface area contributed by atoms with E-state index in [1.807, 2.05) is 4.90 Å². The number of carbonyl (C=O) groups is 1. The van der Waals surface area contributed by atoms with Crippen LogP contribution in [0.3, 0.4) is 0 Å². The fourth-order valence-electron chi connectivity index (χ4n) is 1.36. The molecule has 82 valence electrons. The smallest absolute Gasteiger partial charge is 0.222 e. The third-order valence-electron chi connectivity index (χ3n) is 2.43. The molecule has 0 radical (unpaired) electrons. The van der Waals surface area contributed by atoms with Gasteiger partial charge in [0.2, 0.25) is 5.91 Å². The number of carbonyl (C=O) groups excluding carboxylic acids is 1. The third kappa shape index (κ3) is 4.42. The van der Waals surface area contributed by atoms with E-state index in [1.165, 1.54) is 12.8 Å². The molecule has 1 saturated carbocycles. The van der Waals surface area contributed by atoms with E-state index in [-0.39, 0.29) is 5.91 Å². The average Bonchev–Trinajstić information content (AvgIpc) is 2.95. The first kappa shape index (κ1) is 12.0. The second-order valence-corrected chi connectivity index (χ2v) is 4.50. The molecule has 1 amide bonds. The Morgan fingerprint density at radius 1 is 1.50 bits per heavy atom. The van der Waals surface area contributed by atoms with Gasteiger partial charge < -0.3 is 9.64 Å². The first-order chi connectivity index (χ1) is 6.77. The summed E-state index contributed by atoms with van der Waals surface area (Å²) in [5.41, 5.74) is 0. The highest BCUT2D eigenvalue weighted by Crippen LogP contribution is 2.32. The highest BCUT2D eigenvalue weighted by Gasteiger charge is 2.26. The molecule has 3 nitrogen and oxygen atoms in total. The fourth-order valence-corrected chi connectivity index (χ4v) is 1.79. The molecule has 0 aliphatic heterocycles. The lowest BCUT2D eigenvalue weighted by molar-refractivity contribution is -0.131. The van der Waals surface area contributed by atoms with Crippen molar-refractivity contribution >= 4 is 21.8 Å². The molecule has 0 aromatic rings. The molecule has 1 fully saturated rings. The summed E-state index contributed by atoms with van der Waals surface area (Å²) in [4.78, 5) is 13.6. The monoisotopic (exact) mass is 263 g/mol. The number of halogens is 1. The van der Waals surface area contributed by atoms with Crippen LogP contribution in [0.15, 0.2) is 0 Å². The van der Waals surface area contributed by atoms with Crippen LogP contribution in [0.4, 0.5) is 0 Å².